The molecule has 0 spiro atoms. The number of aromatic nitrogens is 2. The average molecular weight is 260 g/mol. The van der Waals surface area contributed by atoms with E-state index in [1.54, 1.807) is 20.0 Å². The van der Waals surface area contributed by atoms with Gasteiger partial charge in [0.2, 0.25) is 5.91 Å². The third-order valence-electron chi connectivity index (χ3n) is 1.87. The highest BCUT2D eigenvalue weighted by Gasteiger charge is 2.23. The maximum atomic E-state index is 11.5. The van der Waals surface area contributed by atoms with E-state index in [2.05, 4.69) is 26.2 Å². The lowest BCUT2D eigenvalue weighted by atomic mass is 10.2. The molecule has 4 nitrogen and oxygen atoms in total. The Morgan fingerprint density at radius 1 is 1.71 bits per heavy atom. The van der Waals surface area contributed by atoms with Crippen LogP contribution in [-0.4, -0.2) is 19.8 Å². The Kier molecular flexibility index (Phi) is 3.31. The van der Waals surface area contributed by atoms with Gasteiger partial charge in [0.15, 0.2) is 0 Å². The van der Waals surface area contributed by atoms with Gasteiger partial charge in [-0.25, -0.2) is 4.98 Å². The molecule has 0 aliphatic carbocycles. The van der Waals surface area contributed by atoms with Crippen molar-refractivity contribution in [2.75, 3.05) is 0 Å². The molecule has 0 atom stereocenters. The highest BCUT2D eigenvalue weighted by molar-refractivity contribution is 9.10. The quantitative estimate of drug-likeness (QED) is 0.830. The van der Waals surface area contributed by atoms with Gasteiger partial charge in [0.1, 0.15) is 5.82 Å². The van der Waals surface area contributed by atoms with Crippen LogP contribution in [0.5, 0.6) is 0 Å². The van der Waals surface area contributed by atoms with Crippen LogP contribution in [0.15, 0.2) is 12.4 Å². The van der Waals surface area contributed by atoms with E-state index in [0.29, 0.717) is 6.54 Å². The molecule has 1 heterocycles. The number of amides is 1. The lowest BCUT2D eigenvalue weighted by molar-refractivity contribution is -0.122. The lowest BCUT2D eigenvalue weighted by Gasteiger charge is -2.15. The Balaban J connectivity index is 2.50. The molecule has 0 saturated carbocycles. The van der Waals surface area contributed by atoms with Crippen molar-refractivity contribution >= 4 is 21.8 Å². The molecule has 0 radical (unpaired) electrons. The van der Waals surface area contributed by atoms with Gasteiger partial charge in [0.05, 0.1) is 10.9 Å². The second-order valence-corrected chi connectivity index (χ2v) is 5.59. The highest BCUT2D eigenvalue weighted by atomic mass is 79.9. The molecule has 5 heteroatoms. The van der Waals surface area contributed by atoms with Crippen LogP contribution in [0, 0.1) is 0 Å². The van der Waals surface area contributed by atoms with Crippen molar-refractivity contribution in [3.05, 3.63) is 18.2 Å². The fraction of sp³-hybridized carbons (Fsp3) is 0.556. The van der Waals surface area contributed by atoms with Gasteiger partial charge in [0.25, 0.3) is 0 Å². The van der Waals surface area contributed by atoms with Crippen LogP contribution < -0.4 is 5.32 Å². The average Bonchev–Trinajstić information content (AvgIpc) is 2.45. The van der Waals surface area contributed by atoms with E-state index in [0.717, 1.165) is 5.82 Å². The first kappa shape index (κ1) is 11.2. The van der Waals surface area contributed by atoms with Crippen LogP contribution in [0.1, 0.15) is 19.7 Å². The van der Waals surface area contributed by atoms with Crippen molar-refractivity contribution < 1.29 is 4.79 Å². The molecular formula is C9H14BrN3O. The molecule has 0 saturated heterocycles. The molecule has 14 heavy (non-hydrogen) atoms. The molecule has 1 N–H and O–H groups in total. The monoisotopic (exact) mass is 259 g/mol. The van der Waals surface area contributed by atoms with Gasteiger partial charge >= 0.3 is 0 Å². The maximum absolute atomic E-state index is 11.5. The number of imidazole rings is 1. The third kappa shape index (κ3) is 2.83. The van der Waals surface area contributed by atoms with Gasteiger partial charge in [-0.05, 0) is 13.8 Å². The summed E-state index contributed by atoms with van der Waals surface area (Å²) in [6.07, 6.45) is 3.56. The summed E-state index contributed by atoms with van der Waals surface area (Å²) in [6, 6.07) is 0. The second kappa shape index (κ2) is 4.13. The second-order valence-electron chi connectivity index (χ2n) is 3.61. The van der Waals surface area contributed by atoms with Crippen LogP contribution in [0.4, 0.5) is 0 Å². The maximum Gasteiger partial charge on any atom is 0.236 e. The summed E-state index contributed by atoms with van der Waals surface area (Å²) in [6.45, 7) is 4.07. The number of rotatable bonds is 3. The van der Waals surface area contributed by atoms with Crippen molar-refractivity contribution in [3.63, 3.8) is 0 Å². The topological polar surface area (TPSA) is 46.9 Å². The summed E-state index contributed by atoms with van der Waals surface area (Å²) in [4.78, 5) is 15.6. The van der Waals surface area contributed by atoms with Gasteiger partial charge in [-0.1, -0.05) is 15.9 Å². The summed E-state index contributed by atoms with van der Waals surface area (Å²) in [5.41, 5.74) is 0. The number of nitrogens with one attached hydrogen (secondary N) is 1. The van der Waals surface area contributed by atoms with Gasteiger partial charge < -0.3 is 9.88 Å². The van der Waals surface area contributed by atoms with E-state index >= 15 is 0 Å². The molecule has 0 fully saturated rings. The fourth-order valence-corrected chi connectivity index (χ4v) is 1.08. The molecule has 0 bridgehead atoms. The van der Waals surface area contributed by atoms with Crippen LogP contribution >= 0.6 is 15.9 Å². The van der Waals surface area contributed by atoms with Crippen molar-refractivity contribution in [2.45, 2.75) is 24.7 Å². The molecule has 1 aromatic rings. The van der Waals surface area contributed by atoms with Crippen LogP contribution in [0.3, 0.4) is 0 Å². The number of nitrogens with zero attached hydrogens (tertiary/aromatic N) is 2. The van der Waals surface area contributed by atoms with Gasteiger partial charge in [-0.15, -0.1) is 0 Å². The zero-order valence-electron chi connectivity index (χ0n) is 8.54. The van der Waals surface area contributed by atoms with Gasteiger partial charge in [-0.2, -0.15) is 0 Å². The zero-order valence-corrected chi connectivity index (χ0v) is 10.1. The Morgan fingerprint density at radius 2 is 2.36 bits per heavy atom. The first-order valence-corrected chi connectivity index (χ1v) is 5.14. The van der Waals surface area contributed by atoms with E-state index < -0.39 is 4.32 Å². The first-order chi connectivity index (χ1) is 6.41. The van der Waals surface area contributed by atoms with Crippen molar-refractivity contribution in [3.8, 4) is 0 Å². The summed E-state index contributed by atoms with van der Waals surface area (Å²) >= 11 is 3.29. The Bertz CT molecular complexity index is 327. The summed E-state index contributed by atoms with van der Waals surface area (Å²) in [5.74, 6) is 0.801. The van der Waals surface area contributed by atoms with E-state index in [1.807, 2.05) is 17.8 Å². The first-order valence-electron chi connectivity index (χ1n) is 4.34. The molecule has 1 aromatic heterocycles. The predicted molar refractivity (Wildman–Crippen MR) is 58.1 cm³/mol. The van der Waals surface area contributed by atoms with Crippen LogP contribution in [0.2, 0.25) is 0 Å². The largest absolute Gasteiger partial charge is 0.348 e. The van der Waals surface area contributed by atoms with Crippen molar-refractivity contribution in [2.24, 2.45) is 7.05 Å². The lowest BCUT2D eigenvalue weighted by Crippen LogP contribution is -2.37. The number of carbonyl (C=O) groups is 1. The van der Waals surface area contributed by atoms with E-state index in [4.69, 9.17) is 0 Å². The Hall–Kier alpha value is -0.840. The standard InChI is InChI=1S/C9H14BrN3O/c1-9(2,10)8(14)12-6-7-11-4-5-13(7)3/h4-5H,6H2,1-3H3,(H,12,14). The zero-order chi connectivity index (χ0) is 10.8. The van der Waals surface area contributed by atoms with E-state index in [1.165, 1.54) is 0 Å². The molecular weight excluding hydrogens is 246 g/mol. The SMILES string of the molecule is Cn1ccnc1CNC(=O)C(C)(C)Br. The third-order valence-corrected chi connectivity index (χ3v) is 2.23. The van der Waals surface area contributed by atoms with Crippen molar-refractivity contribution in [1.29, 1.82) is 0 Å². The Morgan fingerprint density at radius 3 is 2.79 bits per heavy atom. The summed E-state index contributed by atoms with van der Waals surface area (Å²) < 4.78 is 1.35. The number of hydrogen-bond acceptors (Lipinski definition) is 2. The van der Waals surface area contributed by atoms with Gasteiger partial charge in [0, 0.05) is 19.4 Å². The smallest absolute Gasteiger partial charge is 0.236 e. The molecule has 1 amide bonds. The molecule has 0 aliphatic rings. The number of alkyl halides is 1. The van der Waals surface area contributed by atoms with Gasteiger partial charge in [-0.3, -0.25) is 4.79 Å². The van der Waals surface area contributed by atoms with Crippen molar-refractivity contribution in [1.82, 2.24) is 14.9 Å². The molecule has 0 aliphatic heterocycles. The molecule has 78 valence electrons. The highest BCUT2D eigenvalue weighted by Crippen LogP contribution is 2.15. The summed E-state index contributed by atoms with van der Waals surface area (Å²) in [7, 11) is 1.90. The number of hydrogen-bond donors (Lipinski definition) is 1. The Labute approximate surface area is 91.8 Å². The number of aryl methyl sites for hydroxylation is 1. The molecule has 1 rings (SSSR count). The molecule has 0 unspecified atom stereocenters. The summed E-state index contributed by atoms with van der Waals surface area (Å²) in [5, 5.41) is 2.80. The fourth-order valence-electron chi connectivity index (χ4n) is 0.936. The van der Waals surface area contributed by atoms with Crippen LogP contribution in [0.25, 0.3) is 0 Å². The minimum atomic E-state index is -0.530. The van der Waals surface area contributed by atoms with Crippen LogP contribution in [-0.2, 0) is 18.4 Å². The normalized spacial score (nSPS) is 11.4. The minimum absolute atomic E-state index is 0.0412. The minimum Gasteiger partial charge on any atom is -0.348 e. The molecule has 0 aromatic carbocycles. The van der Waals surface area contributed by atoms with E-state index in [9.17, 15) is 4.79 Å². The predicted octanol–water partition coefficient (Wildman–Crippen LogP) is 1.21. The number of halogens is 1. The number of carbonyl (C=O) groups excluding carboxylic acids is 1. The van der Waals surface area contributed by atoms with E-state index in [-0.39, 0.29) is 5.91 Å².